The highest BCUT2D eigenvalue weighted by Gasteiger charge is 2.13. The molecule has 0 radical (unpaired) electrons. The van der Waals surface area contributed by atoms with Crippen LogP contribution in [0.5, 0.6) is 11.5 Å². The number of rotatable bonds is 3. The van der Waals surface area contributed by atoms with E-state index in [9.17, 15) is 0 Å². The van der Waals surface area contributed by atoms with Crippen LogP contribution in [0.1, 0.15) is 23.1 Å². The second-order valence-corrected chi connectivity index (χ2v) is 6.25. The number of benzene rings is 2. The number of nitrogens with two attached hydrogens (primary N) is 1. The number of aryl methyl sites for hydroxylation is 2. The van der Waals surface area contributed by atoms with Crippen LogP contribution in [0.3, 0.4) is 0 Å². The first-order valence-electron chi connectivity index (χ1n) is 6.52. The normalized spacial score (nSPS) is 13.1. The quantitative estimate of drug-likeness (QED) is 0.837. The maximum atomic E-state index is 5.96. The van der Waals surface area contributed by atoms with Gasteiger partial charge >= 0.3 is 0 Å². The number of fused-ring (bicyclic) bond motifs is 1. The summed E-state index contributed by atoms with van der Waals surface area (Å²) in [7, 11) is 0. The second-order valence-electron chi connectivity index (χ2n) is 4.89. The van der Waals surface area contributed by atoms with Gasteiger partial charge in [-0.15, -0.1) is 0 Å². The van der Waals surface area contributed by atoms with Gasteiger partial charge in [0, 0.05) is 4.47 Å². The van der Waals surface area contributed by atoms with Crippen molar-refractivity contribution in [1.82, 2.24) is 0 Å². The van der Waals surface area contributed by atoms with Gasteiger partial charge in [-0.2, -0.15) is 0 Å². The molecular weight excluding hydrogens is 334 g/mol. The lowest BCUT2D eigenvalue weighted by Gasteiger charge is -2.12. The molecule has 0 fully saturated rings. The van der Waals surface area contributed by atoms with E-state index in [1.807, 2.05) is 24.3 Å². The molecule has 0 saturated heterocycles. The molecule has 0 atom stereocenters. The average Bonchev–Trinajstić information content (AvgIpc) is 2.88. The summed E-state index contributed by atoms with van der Waals surface area (Å²) in [6.07, 6.45) is 3.54. The van der Waals surface area contributed by atoms with Crippen LogP contribution in [-0.4, -0.2) is 4.99 Å². The summed E-state index contributed by atoms with van der Waals surface area (Å²) in [5.41, 5.74) is 9.32. The maximum absolute atomic E-state index is 5.96. The Balaban J connectivity index is 1.93. The third-order valence-corrected chi connectivity index (χ3v) is 4.22. The van der Waals surface area contributed by atoms with E-state index in [1.54, 1.807) is 0 Å². The fraction of sp³-hybridized carbons (Fsp3) is 0.188. The number of halogens is 1. The van der Waals surface area contributed by atoms with Gasteiger partial charge in [0.2, 0.25) is 0 Å². The van der Waals surface area contributed by atoms with Crippen molar-refractivity contribution in [3.05, 3.63) is 57.6 Å². The van der Waals surface area contributed by atoms with E-state index in [-0.39, 0.29) is 0 Å². The Hall–Kier alpha value is -1.39. The zero-order valence-electron chi connectivity index (χ0n) is 10.9. The topological polar surface area (TPSA) is 35.2 Å². The number of thiocarbonyl (C=S) groups is 1. The van der Waals surface area contributed by atoms with E-state index in [2.05, 4.69) is 28.1 Å². The van der Waals surface area contributed by atoms with Gasteiger partial charge in [0.05, 0.1) is 5.56 Å². The van der Waals surface area contributed by atoms with Gasteiger partial charge in [-0.1, -0.05) is 34.2 Å². The summed E-state index contributed by atoms with van der Waals surface area (Å²) in [5, 5.41) is 0. The minimum atomic E-state index is 0.336. The van der Waals surface area contributed by atoms with Gasteiger partial charge in [-0.25, -0.2) is 0 Å². The molecule has 2 N–H and O–H groups in total. The smallest absolute Gasteiger partial charge is 0.137 e. The van der Waals surface area contributed by atoms with E-state index >= 15 is 0 Å². The Bertz CT molecular complexity index is 684. The molecule has 2 nitrogen and oxygen atoms in total. The first-order chi connectivity index (χ1) is 9.63. The summed E-state index contributed by atoms with van der Waals surface area (Å²) in [5.74, 6) is 1.53. The predicted octanol–water partition coefficient (Wildman–Crippen LogP) is 4.36. The molecule has 2 aromatic carbocycles. The molecular formula is C16H14BrNOS. The Morgan fingerprint density at radius 2 is 1.90 bits per heavy atom. The highest BCUT2D eigenvalue weighted by atomic mass is 79.9. The Labute approximate surface area is 132 Å². The SMILES string of the molecule is NC(=S)c1cc(Br)ccc1Oc1ccc2c(c1)CCC2. The molecule has 3 rings (SSSR count). The summed E-state index contributed by atoms with van der Waals surface area (Å²) in [6, 6.07) is 12.0. The monoisotopic (exact) mass is 347 g/mol. The zero-order chi connectivity index (χ0) is 14.1. The van der Waals surface area contributed by atoms with E-state index in [1.165, 1.54) is 24.0 Å². The molecule has 1 aliphatic rings. The van der Waals surface area contributed by atoms with Crippen molar-refractivity contribution in [3.63, 3.8) is 0 Å². The van der Waals surface area contributed by atoms with Crippen LogP contribution < -0.4 is 10.5 Å². The molecule has 0 heterocycles. The van der Waals surface area contributed by atoms with Crippen molar-refractivity contribution in [2.75, 3.05) is 0 Å². The molecule has 0 amide bonds. The Morgan fingerprint density at radius 1 is 1.10 bits per heavy atom. The molecule has 0 bridgehead atoms. The van der Waals surface area contributed by atoms with Crippen molar-refractivity contribution < 1.29 is 4.74 Å². The lowest BCUT2D eigenvalue weighted by molar-refractivity contribution is 0.481. The van der Waals surface area contributed by atoms with E-state index in [4.69, 9.17) is 22.7 Å². The average molecular weight is 348 g/mol. The Morgan fingerprint density at radius 3 is 2.70 bits per heavy atom. The molecule has 0 aromatic heterocycles. The minimum absolute atomic E-state index is 0.336. The lowest BCUT2D eigenvalue weighted by atomic mass is 10.1. The third kappa shape index (κ3) is 2.72. The van der Waals surface area contributed by atoms with Crippen LogP contribution in [0.25, 0.3) is 0 Å². The van der Waals surface area contributed by atoms with E-state index < -0.39 is 0 Å². The summed E-state index contributed by atoms with van der Waals surface area (Å²) in [4.78, 5) is 0.336. The van der Waals surface area contributed by atoms with Crippen LogP contribution >= 0.6 is 28.1 Å². The van der Waals surface area contributed by atoms with Crippen molar-refractivity contribution in [2.45, 2.75) is 19.3 Å². The molecule has 0 spiro atoms. The number of ether oxygens (including phenoxy) is 1. The van der Waals surface area contributed by atoms with Gasteiger partial charge in [0.15, 0.2) is 0 Å². The summed E-state index contributed by atoms with van der Waals surface area (Å²) in [6.45, 7) is 0. The molecule has 102 valence electrons. The zero-order valence-corrected chi connectivity index (χ0v) is 13.3. The van der Waals surface area contributed by atoms with Crippen LogP contribution in [-0.2, 0) is 12.8 Å². The molecule has 4 heteroatoms. The first-order valence-corrected chi connectivity index (χ1v) is 7.72. The standard InChI is InChI=1S/C16H14BrNOS/c17-12-5-7-15(14(9-12)16(18)20)19-13-6-4-10-2-1-3-11(10)8-13/h4-9H,1-3H2,(H2,18,20). The maximum Gasteiger partial charge on any atom is 0.137 e. The molecule has 0 unspecified atom stereocenters. The van der Waals surface area contributed by atoms with Crippen LogP contribution in [0.4, 0.5) is 0 Å². The molecule has 20 heavy (non-hydrogen) atoms. The summed E-state index contributed by atoms with van der Waals surface area (Å²) < 4.78 is 6.89. The molecule has 0 saturated carbocycles. The van der Waals surface area contributed by atoms with Gasteiger partial charge in [0.25, 0.3) is 0 Å². The van der Waals surface area contributed by atoms with Crippen molar-refractivity contribution in [2.24, 2.45) is 5.73 Å². The largest absolute Gasteiger partial charge is 0.457 e. The van der Waals surface area contributed by atoms with Crippen LogP contribution in [0, 0.1) is 0 Å². The highest BCUT2D eigenvalue weighted by Crippen LogP contribution is 2.31. The van der Waals surface area contributed by atoms with E-state index in [0.29, 0.717) is 10.7 Å². The predicted molar refractivity (Wildman–Crippen MR) is 88.6 cm³/mol. The van der Waals surface area contributed by atoms with Crippen LogP contribution in [0.2, 0.25) is 0 Å². The molecule has 2 aromatic rings. The fourth-order valence-corrected chi connectivity index (χ4v) is 3.04. The van der Waals surface area contributed by atoms with Gasteiger partial charge in [-0.05, 0) is 60.7 Å². The fourth-order valence-electron chi connectivity index (χ4n) is 2.52. The van der Waals surface area contributed by atoms with Gasteiger partial charge in [-0.3, -0.25) is 0 Å². The molecule has 0 aliphatic heterocycles. The lowest BCUT2D eigenvalue weighted by Crippen LogP contribution is -2.10. The Kier molecular flexibility index (Phi) is 3.76. The highest BCUT2D eigenvalue weighted by molar-refractivity contribution is 9.10. The van der Waals surface area contributed by atoms with Crippen molar-refractivity contribution >= 4 is 33.1 Å². The van der Waals surface area contributed by atoms with Crippen molar-refractivity contribution in [3.8, 4) is 11.5 Å². The summed E-state index contributed by atoms with van der Waals surface area (Å²) >= 11 is 8.50. The first kappa shape index (κ1) is 13.6. The number of hydrogen-bond acceptors (Lipinski definition) is 2. The van der Waals surface area contributed by atoms with Gasteiger partial charge in [0.1, 0.15) is 16.5 Å². The van der Waals surface area contributed by atoms with Crippen LogP contribution in [0.15, 0.2) is 40.9 Å². The number of hydrogen-bond donors (Lipinski definition) is 1. The minimum Gasteiger partial charge on any atom is -0.457 e. The second kappa shape index (κ2) is 5.54. The third-order valence-electron chi connectivity index (χ3n) is 3.50. The van der Waals surface area contributed by atoms with E-state index in [0.717, 1.165) is 22.2 Å². The van der Waals surface area contributed by atoms with Gasteiger partial charge < -0.3 is 10.5 Å². The molecule has 1 aliphatic carbocycles. The van der Waals surface area contributed by atoms with Crippen molar-refractivity contribution in [1.29, 1.82) is 0 Å².